The molecule has 38 heavy (non-hydrogen) atoms. The Morgan fingerprint density at radius 2 is 0.684 bits per heavy atom. The molecule has 0 unspecified atom stereocenters. The molecule has 25 heteroatoms. The molecule has 0 aliphatic heterocycles. The van der Waals surface area contributed by atoms with Crippen molar-refractivity contribution in [2.75, 3.05) is 0 Å². The van der Waals surface area contributed by atoms with Crippen molar-refractivity contribution in [2.45, 2.75) is 65.9 Å². The minimum atomic E-state index is -8.53. The van der Waals surface area contributed by atoms with Gasteiger partial charge in [-0.25, -0.2) is 0 Å². The number of allylic oxidation sites excluding steroid dienone is 1. The molecular weight excluding hydrogens is 642 g/mol. The molecule has 0 amide bonds. The minimum absolute atomic E-state index is 1.86. The molecule has 1 rings (SSSR count). The van der Waals surface area contributed by atoms with E-state index in [4.69, 9.17) is 0 Å². The maximum atomic E-state index is 14.3. The zero-order valence-corrected chi connectivity index (χ0v) is 16.8. The fraction of sp³-hybridized carbons (Fsp3) is 0.846. The second-order valence-electron chi connectivity index (χ2n) is 6.86. The number of hydrogen-bond donors (Lipinski definition) is 0. The summed E-state index contributed by atoms with van der Waals surface area (Å²) in [6.45, 7) is 0. The van der Waals surface area contributed by atoms with Crippen LogP contribution < -0.4 is 0 Å². The highest BCUT2D eigenvalue weighted by atomic mass is 35.5. The van der Waals surface area contributed by atoms with Gasteiger partial charge < -0.3 is 9.47 Å². The SMILES string of the molecule is FC(F)(F)C(OC1(OC(C(F)(F)F)(C(F)(F)F)C(F)(F)F)C(Cl)=CC(F)(F)C1(F)F)(C(F)(F)F)C(F)(F)F. The molecule has 0 aromatic heterocycles. The van der Waals surface area contributed by atoms with Crippen molar-refractivity contribution in [1.82, 2.24) is 0 Å². The van der Waals surface area contributed by atoms with Crippen LogP contribution in [0.25, 0.3) is 0 Å². The van der Waals surface area contributed by atoms with Gasteiger partial charge in [0.25, 0.3) is 5.79 Å². The van der Waals surface area contributed by atoms with Gasteiger partial charge in [-0.1, -0.05) is 11.6 Å². The summed E-state index contributed by atoms with van der Waals surface area (Å²) in [4.78, 5) is 0. The molecule has 1 aliphatic carbocycles. The van der Waals surface area contributed by atoms with Gasteiger partial charge >= 0.3 is 60.1 Å². The van der Waals surface area contributed by atoms with E-state index in [0.717, 1.165) is 0 Å². The van der Waals surface area contributed by atoms with E-state index in [1.807, 2.05) is 9.47 Å². The van der Waals surface area contributed by atoms with Crippen LogP contribution in [0.5, 0.6) is 0 Å². The largest absolute Gasteiger partial charge is 0.435 e. The normalized spacial score (nSPS) is 21.5. The number of rotatable bonds is 4. The maximum Gasteiger partial charge on any atom is 0.435 e. The van der Waals surface area contributed by atoms with Crippen LogP contribution in [-0.2, 0) is 9.47 Å². The molecule has 0 radical (unpaired) electrons. The Hall–Kier alpha value is -1.59. The third-order valence-corrected chi connectivity index (χ3v) is 4.80. The second-order valence-corrected chi connectivity index (χ2v) is 7.27. The minimum Gasteiger partial charge on any atom is -0.308 e. The highest BCUT2D eigenvalue weighted by Gasteiger charge is 2.95. The molecule has 226 valence electrons. The highest BCUT2D eigenvalue weighted by Crippen LogP contribution is 2.67. The first-order chi connectivity index (χ1) is 16.0. The summed E-state index contributed by atoms with van der Waals surface area (Å²) in [5.74, 6) is -22.2. The summed E-state index contributed by atoms with van der Waals surface area (Å²) < 4.78 is 296. The molecule has 0 N–H and O–H groups in total. The van der Waals surface area contributed by atoms with Crippen LogP contribution in [0.3, 0.4) is 0 Å². The van der Waals surface area contributed by atoms with E-state index >= 15 is 0 Å². The van der Waals surface area contributed by atoms with Crippen molar-refractivity contribution in [2.24, 2.45) is 0 Å². The van der Waals surface area contributed by atoms with Crippen LogP contribution >= 0.6 is 11.6 Å². The highest BCUT2D eigenvalue weighted by molar-refractivity contribution is 6.31. The van der Waals surface area contributed by atoms with E-state index in [1.54, 1.807) is 0 Å². The van der Waals surface area contributed by atoms with Crippen molar-refractivity contribution in [3.05, 3.63) is 11.1 Å². The molecule has 1 aliphatic rings. The average molecular weight is 643 g/mol. The Morgan fingerprint density at radius 1 is 0.474 bits per heavy atom. The van der Waals surface area contributed by atoms with Crippen molar-refractivity contribution < 1.29 is 106 Å². The number of alkyl halides is 22. The van der Waals surface area contributed by atoms with Gasteiger partial charge in [0.1, 0.15) is 0 Å². The maximum absolute atomic E-state index is 14.3. The molecule has 0 aromatic carbocycles. The van der Waals surface area contributed by atoms with Gasteiger partial charge in [-0.3, -0.25) is 0 Å². The van der Waals surface area contributed by atoms with Gasteiger partial charge in [-0.15, -0.1) is 0 Å². The molecule has 2 nitrogen and oxygen atoms in total. The number of ether oxygens (including phenoxy) is 2. The lowest BCUT2D eigenvalue weighted by atomic mass is 9.97. The first-order valence-corrected chi connectivity index (χ1v) is 8.37. The average Bonchev–Trinajstić information content (AvgIpc) is 2.66. The zero-order valence-electron chi connectivity index (χ0n) is 16.1. The van der Waals surface area contributed by atoms with Crippen LogP contribution in [-0.4, -0.2) is 65.9 Å². The van der Waals surface area contributed by atoms with Crippen molar-refractivity contribution in [3.8, 4) is 0 Å². The summed E-state index contributed by atoms with van der Waals surface area (Å²) in [7, 11) is 0. The van der Waals surface area contributed by atoms with E-state index in [1.165, 1.54) is 0 Å². The van der Waals surface area contributed by atoms with Crippen molar-refractivity contribution >= 4 is 11.6 Å². The van der Waals surface area contributed by atoms with E-state index in [9.17, 15) is 96.6 Å². The molecular formula is C13HClF22O2. The lowest BCUT2D eigenvalue weighted by Crippen LogP contribution is -2.77. The zero-order chi connectivity index (χ0) is 31.2. The Bertz CT molecular complexity index is 800. The van der Waals surface area contributed by atoms with Gasteiger partial charge in [0.2, 0.25) is 0 Å². The first-order valence-electron chi connectivity index (χ1n) is 7.99. The summed E-state index contributed by atoms with van der Waals surface area (Å²) in [5, 5.41) is -3.84. The van der Waals surface area contributed by atoms with Crippen molar-refractivity contribution in [3.63, 3.8) is 0 Å². The predicted molar refractivity (Wildman–Crippen MR) is 70.5 cm³/mol. The molecule has 0 saturated heterocycles. The lowest BCUT2D eigenvalue weighted by Gasteiger charge is -2.49. The Morgan fingerprint density at radius 3 is 0.816 bits per heavy atom. The van der Waals surface area contributed by atoms with E-state index < -0.39 is 77.0 Å². The topological polar surface area (TPSA) is 18.5 Å². The van der Waals surface area contributed by atoms with Crippen LogP contribution in [0, 0.1) is 0 Å². The number of halogens is 23. The quantitative estimate of drug-likeness (QED) is 0.229. The Kier molecular flexibility index (Phi) is 7.66. The molecule has 0 spiro atoms. The van der Waals surface area contributed by atoms with Crippen molar-refractivity contribution in [1.29, 1.82) is 0 Å². The smallest absolute Gasteiger partial charge is 0.308 e. The molecule has 0 bridgehead atoms. The monoisotopic (exact) mass is 642 g/mol. The third kappa shape index (κ3) is 4.40. The molecule has 0 fully saturated rings. The molecule has 0 saturated carbocycles. The summed E-state index contributed by atoms with van der Waals surface area (Å²) in [6.07, 6.45) is -52.5. The summed E-state index contributed by atoms with van der Waals surface area (Å²) in [6, 6.07) is 0. The predicted octanol–water partition coefficient (Wildman–Crippen LogP) is 7.97. The molecule has 0 heterocycles. The van der Waals surface area contributed by atoms with Gasteiger partial charge in [-0.05, 0) is 0 Å². The molecule has 0 aromatic rings. The van der Waals surface area contributed by atoms with Gasteiger partial charge in [0, 0.05) is 6.08 Å². The first kappa shape index (κ1) is 34.4. The van der Waals surface area contributed by atoms with Crippen LogP contribution in [0.15, 0.2) is 11.1 Å². The fourth-order valence-electron chi connectivity index (χ4n) is 2.70. The lowest BCUT2D eigenvalue weighted by molar-refractivity contribution is -0.549. The van der Waals surface area contributed by atoms with Crippen LogP contribution in [0.4, 0.5) is 96.6 Å². The van der Waals surface area contributed by atoms with E-state index in [-0.39, 0.29) is 0 Å². The van der Waals surface area contributed by atoms with Gasteiger partial charge in [0.05, 0.1) is 5.03 Å². The Labute approximate surface area is 196 Å². The summed E-state index contributed by atoms with van der Waals surface area (Å²) >= 11 is 4.36. The summed E-state index contributed by atoms with van der Waals surface area (Å²) in [5.41, 5.74) is -17.1. The standard InChI is InChI=1S/C13HClF22O2/c14-2-1-3(15,16)7(17,18)4(2,37-5(8(19,20)21,9(22,23)24)10(25,26)27)38-6(11(28,29)30,12(31,32)33)13(34,35)36/h1H. The Balaban J connectivity index is 4.49. The van der Waals surface area contributed by atoms with E-state index in [2.05, 4.69) is 11.6 Å². The van der Waals surface area contributed by atoms with Gasteiger partial charge in [0.15, 0.2) is 0 Å². The van der Waals surface area contributed by atoms with Gasteiger partial charge in [-0.2, -0.15) is 96.6 Å². The van der Waals surface area contributed by atoms with E-state index in [0.29, 0.717) is 0 Å². The molecule has 0 atom stereocenters. The second kappa shape index (κ2) is 8.46. The fourth-order valence-corrected chi connectivity index (χ4v) is 3.04. The third-order valence-electron chi connectivity index (χ3n) is 4.44. The number of hydrogen-bond acceptors (Lipinski definition) is 2. The van der Waals surface area contributed by atoms with Crippen LogP contribution in [0.1, 0.15) is 0 Å². The van der Waals surface area contributed by atoms with Crippen LogP contribution in [0.2, 0.25) is 0 Å².